The minimum absolute atomic E-state index is 0.0419. The maximum atomic E-state index is 11.1. The molecule has 0 aliphatic carbocycles. The molecule has 1 saturated heterocycles. The minimum atomic E-state index is -2.27. The molecule has 0 spiro atoms. The average molecular weight is 307 g/mol. The van der Waals surface area contributed by atoms with Crippen molar-refractivity contribution in [3.05, 3.63) is 0 Å². The summed E-state index contributed by atoms with van der Waals surface area (Å²) >= 11 is 0. The Labute approximate surface area is 121 Å². The van der Waals surface area contributed by atoms with E-state index in [2.05, 4.69) is 5.32 Å². The molecule has 0 aromatic heterocycles. The van der Waals surface area contributed by atoms with E-state index in [0.717, 1.165) is 25.9 Å². The van der Waals surface area contributed by atoms with E-state index in [0.29, 0.717) is 6.61 Å². The predicted octanol–water partition coefficient (Wildman–Crippen LogP) is -1.57. The number of carbonyl (C=O) groups excluding carboxylic acids is 1. The minimum Gasteiger partial charge on any atom is -0.479 e. The molecule has 0 radical (unpaired) electrons. The van der Waals surface area contributed by atoms with Crippen molar-refractivity contribution in [2.24, 2.45) is 5.92 Å². The van der Waals surface area contributed by atoms with Gasteiger partial charge in [0.2, 0.25) is 0 Å². The van der Waals surface area contributed by atoms with Crippen LogP contribution in [0.15, 0.2) is 0 Å². The molecule has 0 aromatic carbocycles. The summed E-state index contributed by atoms with van der Waals surface area (Å²) in [6.07, 6.45) is -2.47. The molecule has 5 N–H and O–H groups in total. The normalized spacial score (nSPS) is 20.4. The van der Waals surface area contributed by atoms with Gasteiger partial charge in [-0.3, -0.25) is 4.79 Å². The van der Waals surface area contributed by atoms with E-state index >= 15 is 0 Å². The lowest BCUT2D eigenvalue weighted by Gasteiger charge is -2.20. The van der Waals surface area contributed by atoms with E-state index in [-0.39, 0.29) is 11.9 Å². The number of carboxylic acids is 2. The quantitative estimate of drug-likeness (QED) is 0.379. The first kappa shape index (κ1) is 19.3. The van der Waals surface area contributed by atoms with Crippen LogP contribution in [0.3, 0.4) is 0 Å². The van der Waals surface area contributed by atoms with Crippen molar-refractivity contribution < 1.29 is 39.5 Å². The lowest BCUT2D eigenvalue weighted by molar-refractivity contribution is -0.165. The summed E-state index contributed by atoms with van der Waals surface area (Å²) < 4.78 is 4.90. The van der Waals surface area contributed by atoms with E-state index in [1.54, 1.807) is 0 Å². The zero-order chi connectivity index (χ0) is 16.4. The predicted molar refractivity (Wildman–Crippen MR) is 69.5 cm³/mol. The highest BCUT2D eigenvalue weighted by molar-refractivity contribution is 5.83. The van der Waals surface area contributed by atoms with Gasteiger partial charge in [-0.1, -0.05) is 0 Å². The summed E-state index contributed by atoms with van der Waals surface area (Å²) in [6, 6.07) is 0. The summed E-state index contributed by atoms with van der Waals surface area (Å²) in [5, 5.41) is 35.7. The zero-order valence-corrected chi connectivity index (χ0v) is 11.7. The Balaban J connectivity index is 0.000000384. The molecule has 1 heterocycles. The summed E-state index contributed by atoms with van der Waals surface area (Å²) in [5.41, 5.74) is 0. The summed E-state index contributed by atoms with van der Waals surface area (Å²) in [4.78, 5) is 30.7. The molecule has 1 unspecified atom stereocenters. The number of carboxylic acid groups (broad SMARTS) is 2. The van der Waals surface area contributed by atoms with Crippen LogP contribution in [0, 0.1) is 5.92 Å². The molecule has 9 nitrogen and oxygen atoms in total. The molecule has 21 heavy (non-hydrogen) atoms. The Morgan fingerprint density at radius 2 is 1.71 bits per heavy atom. The third-order valence-corrected chi connectivity index (χ3v) is 2.72. The fraction of sp³-hybridized carbons (Fsp3) is 0.750. The second-order valence-corrected chi connectivity index (χ2v) is 4.36. The van der Waals surface area contributed by atoms with Gasteiger partial charge >= 0.3 is 17.9 Å². The standard InChI is InChI=1S/C8H15NO2.C4H6O6/c1-2-11-8(10)7-4-3-5-9-6-7;5-1(3(7)8)2(6)4(9)10/h7,9H,2-6H2,1H3;1-2,5-6H,(H,7,8)(H,9,10)/t7-;1-,2?/m00/s1. The Bertz CT molecular complexity index is 335. The van der Waals surface area contributed by atoms with Crippen LogP contribution in [0.25, 0.3) is 0 Å². The van der Waals surface area contributed by atoms with Crippen molar-refractivity contribution in [1.29, 1.82) is 0 Å². The smallest absolute Gasteiger partial charge is 0.335 e. The van der Waals surface area contributed by atoms with Gasteiger partial charge in [0.15, 0.2) is 12.2 Å². The molecule has 0 aromatic rings. The summed E-state index contributed by atoms with van der Waals surface area (Å²) in [5.74, 6) is -3.48. The monoisotopic (exact) mass is 307 g/mol. The maximum Gasteiger partial charge on any atom is 0.335 e. The van der Waals surface area contributed by atoms with Gasteiger partial charge in [0.1, 0.15) is 0 Å². The number of aliphatic carboxylic acids is 2. The molecule has 1 aliphatic heterocycles. The third-order valence-electron chi connectivity index (χ3n) is 2.72. The number of aliphatic hydroxyl groups excluding tert-OH is 2. The molecule has 3 atom stereocenters. The zero-order valence-electron chi connectivity index (χ0n) is 11.7. The van der Waals surface area contributed by atoms with Gasteiger partial charge in [0.05, 0.1) is 12.5 Å². The second-order valence-electron chi connectivity index (χ2n) is 4.36. The number of esters is 1. The van der Waals surface area contributed by atoms with Gasteiger partial charge in [-0.25, -0.2) is 9.59 Å². The first-order valence-corrected chi connectivity index (χ1v) is 6.50. The molecule has 122 valence electrons. The van der Waals surface area contributed by atoms with Gasteiger partial charge in [0, 0.05) is 6.54 Å². The summed E-state index contributed by atoms with van der Waals surface area (Å²) in [7, 11) is 0. The molecule has 1 rings (SSSR count). The number of hydrogen-bond donors (Lipinski definition) is 5. The molecule has 1 aliphatic rings. The van der Waals surface area contributed by atoms with Crippen molar-refractivity contribution >= 4 is 17.9 Å². The van der Waals surface area contributed by atoms with Crippen LogP contribution in [0.4, 0.5) is 0 Å². The van der Waals surface area contributed by atoms with E-state index in [4.69, 9.17) is 25.2 Å². The average Bonchev–Trinajstić information content (AvgIpc) is 2.47. The Morgan fingerprint density at radius 3 is 2.05 bits per heavy atom. The van der Waals surface area contributed by atoms with Crippen molar-refractivity contribution in [3.63, 3.8) is 0 Å². The van der Waals surface area contributed by atoms with E-state index in [1.807, 2.05) is 6.92 Å². The maximum absolute atomic E-state index is 11.1. The number of aliphatic hydroxyl groups is 2. The second kappa shape index (κ2) is 10.1. The van der Waals surface area contributed by atoms with Crippen LogP contribution < -0.4 is 5.32 Å². The van der Waals surface area contributed by atoms with Crippen molar-refractivity contribution in [2.75, 3.05) is 19.7 Å². The third kappa shape index (κ3) is 7.59. The van der Waals surface area contributed by atoms with Crippen molar-refractivity contribution in [1.82, 2.24) is 5.32 Å². The fourth-order valence-corrected chi connectivity index (χ4v) is 1.58. The van der Waals surface area contributed by atoms with Gasteiger partial charge in [-0.15, -0.1) is 0 Å². The SMILES string of the molecule is CCOC(=O)[C@H]1CCCNC1.O=C(O)C(O)[C@H](O)C(=O)O. The highest BCUT2D eigenvalue weighted by atomic mass is 16.5. The van der Waals surface area contributed by atoms with Crippen molar-refractivity contribution in [3.8, 4) is 0 Å². The van der Waals surface area contributed by atoms with Crippen LogP contribution >= 0.6 is 0 Å². The molecular formula is C12H21NO8. The number of hydrogen-bond acceptors (Lipinski definition) is 7. The van der Waals surface area contributed by atoms with Gasteiger partial charge in [-0.2, -0.15) is 0 Å². The van der Waals surface area contributed by atoms with Crippen LogP contribution in [0.1, 0.15) is 19.8 Å². The van der Waals surface area contributed by atoms with Gasteiger partial charge in [-0.05, 0) is 26.3 Å². The number of piperidine rings is 1. The van der Waals surface area contributed by atoms with Crippen LogP contribution in [-0.4, -0.2) is 70.2 Å². The highest BCUT2D eigenvalue weighted by Crippen LogP contribution is 2.11. The van der Waals surface area contributed by atoms with Crippen LogP contribution in [0.2, 0.25) is 0 Å². The Morgan fingerprint density at radius 1 is 1.19 bits per heavy atom. The van der Waals surface area contributed by atoms with E-state index < -0.39 is 24.1 Å². The number of carbonyl (C=O) groups is 3. The molecule has 0 amide bonds. The van der Waals surface area contributed by atoms with Gasteiger partial charge in [0.25, 0.3) is 0 Å². The highest BCUT2D eigenvalue weighted by Gasteiger charge is 2.29. The van der Waals surface area contributed by atoms with Crippen LogP contribution in [-0.2, 0) is 19.1 Å². The first-order chi connectivity index (χ1) is 9.81. The number of rotatable bonds is 5. The molecule has 1 fully saturated rings. The largest absolute Gasteiger partial charge is 0.479 e. The topological polar surface area (TPSA) is 153 Å². The fourth-order valence-electron chi connectivity index (χ4n) is 1.58. The van der Waals surface area contributed by atoms with Gasteiger partial charge < -0.3 is 30.5 Å². The van der Waals surface area contributed by atoms with E-state index in [1.165, 1.54) is 0 Å². The summed E-state index contributed by atoms with van der Waals surface area (Å²) in [6.45, 7) is 4.16. The first-order valence-electron chi connectivity index (χ1n) is 6.50. The van der Waals surface area contributed by atoms with Crippen molar-refractivity contribution in [2.45, 2.75) is 32.0 Å². The number of ether oxygens (including phenoxy) is 1. The lowest BCUT2D eigenvalue weighted by atomic mass is 10.0. The Hall–Kier alpha value is -1.71. The Kier molecular flexibility index (Phi) is 9.26. The van der Waals surface area contributed by atoms with E-state index in [9.17, 15) is 14.4 Å². The molecule has 9 heteroatoms. The lowest BCUT2D eigenvalue weighted by Crippen LogP contribution is -2.39. The molecule has 0 bridgehead atoms. The number of nitrogens with one attached hydrogen (secondary N) is 1. The molecular weight excluding hydrogens is 286 g/mol. The molecule has 0 saturated carbocycles. The van der Waals surface area contributed by atoms with Crippen LogP contribution in [0.5, 0.6) is 0 Å².